The second-order valence-corrected chi connectivity index (χ2v) is 7.99. The molecule has 7 nitrogen and oxygen atoms in total. The molecule has 7 heteroatoms. The highest BCUT2D eigenvalue weighted by Gasteiger charge is 2.34. The molecule has 2 heterocycles. The number of nitrogens with zero attached hydrogens (tertiary/aromatic N) is 2. The van der Waals surface area contributed by atoms with Gasteiger partial charge in [-0.3, -0.25) is 9.69 Å². The van der Waals surface area contributed by atoms with Crippen LogP contribution in [0, 0.1) is 0 Å². The van der Waals surface area contributed by atoms with Gasteiger partial charge < -0.3 is 14.5 Å². The van der Waals surface area contributed by atoms with Crippen molar-refractivity contribution in [3.8, 4) is 0 Å². The number of rotatable bonds is 11. The number of nitrogens with one attached hydrogen (secondary N) is 1. The topological polar surface area (TPSA) is 84.7 Å². The molecular formula is C24H33N3O4. The average Bonchev–Trinajstić information content (AvgIpc) is 3.47. The summed E-state index contributed by atoms with van der Waals surface area (Å²) >= 11 is 0. The van der Waals surface area contributed by atoms with Crippen molar-refractivity contribution >= 4 is 12.0 Å². The molecule has 0 bridgehead atoms. The third-order valence-electron chi connectivity index (χ3n) is 5.55. The van der Waals surface area contributed by atoms with E-state index in [4.69, 9.17) is 9.15 Å². The lowest BCUT2D eigenvalue weighted by Crippen LogP contribution is -2.31. The van der Waals surface area contributed by atoms with Gasteiger partial charge in [-0.2, -0.15) is 0 Å². The van der Waals surface area contributed by atoms with Crippen LogP contribution in [0.3, 0.4) is 0 Å². The van der Waals surface area contributed by atoms with Crippen LogP contribution in [0.2, 0.25) is 0 Å². The van der Waals surface area contributed by atoms with E-state index in [1.54, 1.807) is 4.90 Å². The molecule has 0 unspecified atom stereocenters. The first-order chi connectivity index (χ1) is 15.2. The molecule has 1 N–H and O–H groups in total. The minimum absolute atomic E-state index is 0.223. The first kappa shape index (κ1) is 22.8. The fourth-order valence-corrected chi connectivity index (χ4v) is 3.79. The predicted molar refractivity (Wildman–Crippen MR) is 118 cm³/mol. The molecule has 0 aliphatic carbocycles. The van der Waals surface area contributed by atoms with Crippen molar-refractivity contribution in [2.24, 2.45) is 0 Å². The van der Waals surface area contributed by atoms with Crippen LogP contribution in [0.4, 0.5) is 4.79 Å². The third-order valence-corrected chi connectivity index (χ3v) is 5.55. The van der Waals surface area contributed by atoms with E-state index in [1.165, 1.54) is 31.9 Å². The van der Waals surface area contributed by atoms with Crippen LogP contribution < -0.4 is 5.32 Å². The van der Waals surface area contributed by atoms with Gasteiger partial charge in [0.25, 0.3) is 5.91 Å². The lowest BCUT2D eigenvalue weighted by atomic mass is 10.1. The van der Waals surface area contributed by atoms with Crippen LogP contribution in [-0.4, -0.2) is 35.0 Å². The van der Waals surface area contributed by atoms with Gasteiger partial charge in [-0.1, -0.05) is 69.4 Å². The quantitative estimate of drug-likeness (QED) is 0.496. The minimum Gasteiger partial charge on any atom is -0.446 e. The Morgan fingerprint density at radius 3 is 2.74 bits per heavy atom. The van der Waals surface area contributed by atoms with Crippen molar-refractivity contribution < 1.29 is 18.7 Å². The Morgan fingerprint density at radius 1 is 1.16 bits per heavy atom. The summed E-state index contributed by atoms with van der Waals surface area (Å²) in [5.41, 5.74) is 1.19. The van der Waals surface area contributed by atoms with E-state index < -0.39 is 6.09 Å². The molecule has 1 saturated heterocycles. The van der Waals surface area contributed by atoms with Gasteiger partial charge in [0.15, 0.2) is 5.69 Å². The van der Waals surface area contributed by atoms with Crippen molar-refractivity contribution in [2.75, 3.05) is 13.1 Å². The van der Waals surface area contributed by atoms with Crippen LogP contribution in [-0.2, 0) is 11.3 Å². The summed E-state index contributed by atoms with van der Waals surface area (Å²) < 4.78 is 11.0. The monoisotopic (exact) mass is 427 g/mol. The Bertz CT molecular complexity index is 821. The van der Waals surface area contributed by atoms with Gasteiger partial charge in [-0.25, -0.2) is 9.78 Å². The van der Waals surface area contributed by atoms with Crippen LogP contribution >= 0.6 is 0 Å². The molecule has 1 fully saturated rings. The van der Waals surface area contributed by atoms with Crippen molar-refractivity contribution in [2.45, 2.75) is 70.9 Å². The summed E-state index contributed by atoms with van der Waals surface area (Å²) in [5, 5.41) is 2.90. The number of ether oxygens (including phenoxy) is 1. The number of carbonyl (C=O) groups is 2. The predicted octanol–water partition coefficient (Wildman–Crippen LogP) is 5.24. The number of carbonyl (C=O) groups excluding carboxylic acids is 2. The first-order valence-electron chi connectivity index (χ1n) is 11.4. The zero-order chi connectivity index (χ0) is 21.9. The number of hydrogen-bond donors (Lipinski definition) is 1. The Balaban J connectivity index is 1.46. The highest BCUT2D eigenvalue weighted by Crippen LogP contribution is 2.32. The van der Waals surface area contributed by atoms with Gasteiger partial charge in [0.2, 0.25) is 5.89 Å². The lowest BCUT2D eigenvalue weighted by Gasteiger charge is -2.21. The number of aromatic nitrogens is 1. The first-order valence-corrected chi connectivity index (χ1v) is 11.4. The molecule has 1 aromatic carbocycles. The largest absolute Gasteiger partial charge is 0.446 e. The number of unbranched alkanes of at least 4 members (excludes halogenated alkanes) is 5. The van der Waals surface area contributed by atoms with Gasteiger partial charge in [0.1, 0.15) is 18.9 Å². The number of oxazole rings is 1. The van der Waals surface area contributed by atoms with E-state index in [1.807, 2.05) is 30.3 Å². The highest BCUT2D eigenvalue weighted by molar-refractivity contribution is 5.91. The summed E-state index contributed by atoms with van der Waals surface area (Å²) in [7, 11) is 0. The Hall–Kier alpha value is -2.83. The number of likely N-dealkylation sites (tertiary alicyclic amines) is 1. The average molecular weight is 428 g/mol. The van der Waals surface area contributed by atoms with E-state index in [0.717, 1.165) is 31.2 Å². The van der Waals surface area contributed by atoms with Crippen LogP contribution in [0.15, 0.2) is 41.0 Å². The summed E-state index contributed by atoms with van der Waals surface area (Å²) in [4.78, 5) is 30.9. The normalized spacial score (nSPS) is 15.8. The second-order valence-electron chi connectivity index (χ2n) is 7.99. The van der Waals surface area contributed by atoms with E-state index in [0.29, 0.717) is 19.0 Å². The number of amides is 2. The summed E-state index contributed by atoms with van der Waals surface area (Å²) in [6.07, 6.45) is 9.60. The zero-order valence-electron chi connectivity index (χ0n) is 18.3. The molecule has 0 radical (unpaired) electrons. The number of benzene rings is 1. The zero-order valence-corrected chi connectivity index (χ0v) is 18.3. The van der Waals surface area contributed by atoms with Crippen LogP contribution in [0.1, 0.15) is 86.3 Å². The van der Waals surface area contributed by atoms with Crippen molar-refractivity contribution in [3.63, 3.8) is 0 Å². The van der Waals surface area contributed by atoms with Crippen molar-refractivity contribution in [1.29, 1.82) is 0 Å². The molecule has 1 aliphatic heterocycles. The molecule has 2 aromatic rings. The van der Waals surface area contributed by atoms with Gasteiger partial charge in [-0.05, 0) is 24.8 Å². The molecule has 31 heavy (non-hydrogen) atoms. The smallest absolute Gasteiger partial charge is 0.410 e. The van der Waals surface area contributed by atoms with Crippen molar-refractivity contribution in [1.82, 2.24) is 15.2 Å². The molecule has 1 atom stereocenters. The maximum atomic E-state index is 12.6. The summed E-state index contributed by atoms with van der Waals surface area (Å²) in [5.74, 6) is 0.152. The van der Waals surface area contributed by atoms with Gasteiger partial charge in [0, 0.05) is 13.1 Å². The Morgan fingerprint density at radius 2 is 1.94 bits per heavy atom. The fourth-order valence-electron chi connectivity index (χ4n) is 3.79. The molecule has 3 rings (SSSR count). The second kappa shape index (κ2) is 12.1. The Labute approximate surface area is 184 Å². The maximum absolute atomic E-state index is 12.6. The molecular weight excluding hydrogens is 394 g/mol. The van der Waals surface area contributed by atoms with E-state index in [-0.39, 0.29) is 24.2 Å². The standard InChI is InChI=1S/C24H33N3O4/c1-2-3-4-5-6-10-15-25-22(28)20-18-30-23(26-20)21-14-11-16-27(21)24(29)31-17-19-12-8-7-9-13-19/h7-9,12-13,18,21H,2-6,10-11,14-17H2,1H3,(H,25,28)/t21-/m1/s1. The van der Waals surface area contributed by atoms with Gasteiger partial charge in [0.05, 0.1) is 0 Å². The maximum Gasteiger partial charge on any atom is 0.410 e. The SMILES string of the molecule is CCCCCCCCNC(=O)c1coc([C@H]2CCCN2C(=O)OCc2ccccc2)n1. The fraction of sp³-hybridized carbons (Fsp3) is 0.542. The summed E-state index contributed by atoms with van der Waals surface area (Å²) in [6.45, 7) is 3.64. The third kappa shape index (κ3) is 6.84. The molecule has 0 saturated carbocycles. The van der Waals surface area contributed by atoms with Crippen molar-refractivity contribution in [3.05, 3.63) is 53.7 Å². The molecule has 0 spiro atoms. The van der Waals surface area contributed by atoms with Crippen LogP contribution in [0.5, 0.6) is 0 Å². The summed E-state index contributed by atoms with van der Waals surface area (Å²) in [6, 6.07) is 9.27. The highest BCUT2D eigenvalue weighted by atomic mass is 16.6. The Kier molecular flexibility index (Phi) is 8.94. The van der Waals surface area contributed by atoms with E-state index in [2.05, 4.69) is 17.2 Å². The van der Waals surface area contributed by atoms with Gasteiger partial charge >= 0.3 is 6.09 Å². The van der Waals surface area contributed by atoms with E-state index in [9.17, 15) is 9.59 Å². The number of hydrogen-bond acceptors (Lipinski definition) is 5. The molecule has 2 amide bonds. The minimum atomic E-state index is -0.390. The van der Waals surface area contributed by atoms with E-state index >= 15 is 0 Å². The molecule has 1 aromatic heterocycles. The lowest BCUT2D eigenvalue weighted by molar-refractivity contribution is 0.0878. The molecule has 168 valence electrons. The molecule has 1 aliphatic rings. The van der Waals surface area contributed by atoms with Gasteiger partial charge in [-0.15, -0.1) is 0 Å². The van der Waals surface area contributed by atoms with Crippen LogP contribution in [0.25, 0.3) is 0 Å².